The van der Waals surface area contributed by atoms with Crippen LogP contribution in [-0.2, 0) is 4.79 Å². The zero-order valence-electron chi connectivity index (χ0n) is 9.28. The zero-order chi connectivity index (χ0) is 12.1. The highest BCUT2D eigenvalue weighted by atomic mass is 35.5. The molecule has 90 valence electrons. The molecule has 0 aliphatic carbocycles. The summed E-state index contributed by atoms with van der Waals surface area (Å²) < 4.78 is 5.22. The van der Waals surface area contributed by atoms with E-state index < -0.39 is 0 Å². The van der Waals surface area contributed by atoms with Gasteiger partial charge < -0.3 is 10.1 Å². The average Bonchev–Trinajstić information content (AvgIpc) is 2.34. The van der Waals surface area contributed by atoms with Gasteiger partial charge in [0.1, 0.15) is 0 Å². The monoisotopic (exact) mass is 252 g/mol. The lowest BCUT2D eigenvalue weighted by Gasteiger charge is -2.16. The second-order valence-electron chi connectivity index (χ2n) is 3.65. The molecule has 4 nitrogen and oxygen atoms in total. The summed E-state index contributed by atoms with van der Waals surface area (Å²) in [7, 11) is 0. The van der Waals surface area contributed by atoms with Gasteiger partial charge in [0.15, 0.2) is 18.2 Å². The van der Waals surface area contributed by atoms with Crippen molar-refractivity contribution in [1.82, 2.24) is 4.98 Å². The quantitative estimate of drug-likeness (QED) is 0.662. The number of rotatable bonds is 4. The van der Waals surface area contributed by atoms with Crippen molar-refractivity contribution < 1.29 is 9.53 Å². The molecule has 2 heterocycles. The Morgan fingerprint density at radius 2 is 2.41 bits per heavy atom. The number of fused-ring (bicyclic) bond motifs is 1. The molecule has 17 heavy (non-hydrogen) atoms. The molecular formula is C12H13ClN2O2. The third kappa shape index (κ3) is 3.20. The predicted octanol–water partition coefficient (Wildman–Crippen LogP) is 2.44. The summed E-state index contributed by atoms with van der Waals surface area (Å²) in [5.74, 6) is 1.59. The number of amides is 1. The van der Waals surface area contributed by atoms with Crippen LogP contribution in [0.3, 0.4) is 0 Å². The fourth-order valence-electron chi connectivity index (χ4n) is 1.47. The summed E-state index contributed by atoms with van der Waals surface area (Å²) in [4.78, 5) is 15.4. The Morgan fingerprint density at radius 3 is 3.24 bits per heavy atom. The van der Waals surface area contributed by atoms with Gasteiger partial charge in [0.05, 0.1) is 5.69 Å². The van der Waals surface area contributed by atoms with Gasteiger partial charge in [-0.25, -0.2) is 4.98 Å². The van der Waals surface area contributed by atoms with Crippen LogP contribution in [0.25, 0.3) is 6.08 Å². The topological polar surface area (TPSA) is 51.2 Å². The Balaban J connectivity index is 2.07. The van der Waals surface area contributed by atoms with Gasteiger partial charge in [-0.1, -0.05) is 6.08 Å². The third-order valence-electron chi connectivity index (χ3n) is 2.29. The summed E-state index contributed by atoms with van der Waals surface area (Å²) in [6.45, 7) is 0.0551. The summed E-state index contributed by atoms with van der Waals surface area (Å²) >= 11 is 5.58. The molecule has 0 saturated carbocycles. The second-order valence-corrected chi connectivity index (χ2v) is 4.03. The zero-order valence-corrected chi connectivity index (χ0v) is 10.0. The van der Waals surface area contributed by atoms with Crippen molar-refractivity contribution in [1.29, 1.82) is 0 Å². The lowest BCUT2D eigenvalue weighted by atomic mass is 10.2. The Kier molecular flexibility index (Phi) is 3.98. The number of pyridine rings is 1. The first kappa shape index (κ1) is 11.9. The number of halogens is 1. The molecule has 0 aromatic carbocycles. The lowest BCUT2D eigenvalue weighted by molar-refractivity contribution is -0.118. The number of nitrogens with one attached hydrogen (secondary N) is 1. The molecule has 1 aliphatic rings. The average molecular weight is 253 g/mol. The van der Waals surface area contributed by atoms with Crippen molar-refractivity contribution in [2.75, 3.05) is 17.8 Å². The van der Waals surface area contributed by atoms with Gasteiger partial charge in [-0.05, 0) is 31.1 Å². The first-order valence-corrected chi connectivity index (χ1v) is 5.99. The number of ether oxygens (including phenoxy) is 1. The Hall–Kier alpha value is -1.55. The number of nitrogens with zero attached hydrogens (tertiary/aromatic N) is 1. The molecule has 1 N–H and O–H groups in total. The maximum absolute atomic E-state index is 11.1. The molecule has 0 unspecified atom stereocenters. The minimum Gasteiger partial charge on any atom is -0.480 e. The highest BCUT2D eigenvalue weighted by Crippen LogP contribution is 2.25. The summed E-state index contributed by atoms with van der Waals surface area (Å²) in [5.41, 5.74) is 0.795. The van der Waals surface area contributed by atoms with E-state index in [2.05, 4.69) is 10.3 Å². The number of hydrogen-bond acceptors (Lipinski definition) is 3. The van der Waals surface area contributed by atoms with Crippen molar-refractivity contribution in [3.63, 3.8) is 0 Å². The van der Waals surface area contributed by atoms with E-state index in [-0.39, 0.29) is 12.5 Å². The standard InChI is InChI=1S/C12H13ClN2O2/c13-7-3-1-2-4-9-5-6-10-12(14-9)15-11(16)8-17-10/h2,4-6H,1,3,7-8H2,(H,14,15,16)/b4-2+. The highest BCUT2D eigenvalue weighted by molar-refractivity contribution is 6.17. The van der Waals surface area contributed by atoms with E-state index in [1.807, 2.05) is 24.3 Å². The van der Waals surface area contributed by atoms with Crippen LogP contribution in [0, 0.1) is 0 Å². The van der Waals surface area contributed by atoms with E-state index >= 15 is 0 Å². The fourth-order valence-corrected chi connectivity index (χ4v) is 1.63. The second kappa shape index (κ2) is 5.68. The molecule has 5 heteroatoms. The maximum Gasteiger partial charge on any atom is 0.263 e. The summed E-state index contributed by atoms with van der Waals surface area (Å²) in [6.07, 6.45) is 5.80. The van der Waals surface area contributed by atoms with Crippen molar-refractivity contribution in [3.8, 4) is 5.75 Å². The van der Waals surface area contributed by atoms with E-state index in [0.29, 0.717) is 17.4 Å². The molecular weight excluding hydrogens is 240 g/mol. The Labute approximate surface area is 105 Å². The molecule has 1 aromatic rings. The normalized spacial score (nSPS) is 14.3. The van der Waals surface area contributed by atoms with Crippen LogP contribution >= 0.6 is 11.6 Å². The lowest BCUT2D eigenvalue weighted by Crippen LogP contribution is -2.26. The predicted molar refractivity (Wildman–Crippen MR) is 67.3 cm³/mol. The number of unbranched alkanes of at least 4 members (excludes halogenated alkanes) is 1. The molecule has 1 aliphatic heterocycles. The number of carbonyl (C=O) groups is 1. The van der Waals surface area contributed by atoms with Crippen LogP contribution in [0.5, 0.6) is 5.75 Å². The maximum atomic E-state index is 11.1. The van der Waals surface area contributed by atoms with Gasteiger partial charge in [0.25, 0.3) is 5.91 Å². The molecule has 0 bridgehead atoms. The van der Waals surface area contributed by atoms with Crippen LogP contribution in [0.15, 0.2) is 18.2 Å². The van der Waals surface area contributed by atoms with Gasteiger partial charge in [-0.15, -0.1) is 11.6 Å². The van der Waals surface area contributed by atoms with Crippen LogP contribution in [0.4, 0.5) is 5.82 Å². The van der Waals surface area contributed by atoms with E-state index in [1.54, 1.807) is 0 Å². The highest BCUT2D eigenvalue weighted by Gasteiger charge is 2.16. The molecule has 0 saturated heterocycles. The van der Waals surface area contributed by atoms with Gasteiger partial charge in [-0.2, -0.15) is 0 Å². The number of hydrogen-bond donors (Lipinski definition) is 1. The van der Waals surface area contributed by atoms with Crippen molar-refractivity contribution >= 4 is 29.4 Å². The van der Waals surface area contributed by atoms with Gasteiger partial charge in [0, 0.05) is 5.88 Å². The summed E-state index contributed by atoms with van der Waals surface area (Å²) in [6, 6.07) is 3.66. The van der Waals surface area contributed by atoms with E-state index in [4.69, 9.17) is 16.3 Å². The van der Waals surface area contributed by atoms with Gasteiger partial charge >= 0.3 is 0 Å². The minimum absolute atomic E-state index is 0.0551. The number of carbonyl (C=O) groups excluding carboxylic acids is 1. The number of allylic oxidation sites excluding steroid dienone is 1. The van der Waals surface area contributed by atoms with E-state index in [0.717, 1.165) is 18.5 Å². The van der Waals surface area contributed by atoms with Crippen molar-refractivity contribution in [3.05, 3.63) is 23.9 Å². The molecule has 0 spiro atoms. The summed E-state index contributed by atoms with van der Waals surface area (Å²) in [5, 5.41) is 2.67. The Bertz CT molecular complexity index is 446. The van der Waals surface area contributed by atoms with Crippen molar-refractivity contribution in [2.45, 2.75) is 12.8 Å². The van der Waals surface area contributed by atoms with Crippen LogP contribution < -0.4 is 10.1 Å². The molecule has 0 radical (unpaired) electrons. The molecule has 1 aromatic heterocycles. The number of aromatic nitrogens is 1. The molecule has 0 atom stereocenters. The largest absolute Gasteiger partial charge is 0.480 e. The number of anilines is 1. The van der Waals surface area contributed by atoms with E-state index in [1.165, 1.54) is 0 Å². The molecule has 1 amide bonds. The third-order valence-corrected chi connectivity index (χ3v) is 2.56. The van der Waals surface area contributed by atoms with Gasteiger partial charge in [-0.3, -0.25) is 4.79 Å². The van der Waals surface area contributed by atoms with Crippen LogP contribution in [0.1, 0.15) is 18.5 Å². The first-order valence-electron chi connectivity index (χ1n) is 5.46. The van der Waals surface area contributed by atoms with Gasteiger partial charge in [0.2, 0.25) is 0 Å². The van der Waals surface area contributed by atoms with Crippen molar-refractivity contribution in [2.24, 2.45) is 0 Å². The van der Waals surface area contributed by atoms with E-state index in [9.17, 15) is 4.79 Å². The first-order chi connectivity index (χ1) is 8.29. The minimum atomic E-state index is -0.173. The number of alkyl halides is 1. The molecule has 2 rings (SSSR count). The smallest absolute Gasteiger partial charge is 0.263 e. The van der Waals surface area contributed by atoms with Crippen LogP contribution in [0.2, 0.25) is 0 Å². The Morgan fingerprint density at radius 1 is 1.53 bits per heavy atom. The fraction of sp³-hybridized carbons (Fsp3) is 0.333. The SMILES string of the molecule is O=C1COc2ccc(/C=C/CCCCl)nc2N1. The molecule has 0 fully saturated rings. The van der Waals surface area contributed by atoms with Crippen LogP contribution in [-0.4, -0.2) is 23.4 Å².